The van der Waals surface area contributed by atoms with Gasteiger partial charge in [0.25, 0.3) is 0 Å². The number of Topliss-reactive ketones (excluding diaryl/α,β-unsaturated/α-hetero) is 1. The summed E-state index contributed by atoms with van der Waals surface area (Å²) in [5, 5.41) is 10.7. The van der Waals surface area contributed by atoms with Gasteiger partial charge < -0.3 is 9.84 Å². The fourth-order valence-electron chi connectivity index (χ4n) is 2.71. The number of rotatable bonds is 5. The van der Waals surface area contributed by atoms with Crippen molar-refractivity contribution in [3.63, 3.8) is 0 Å². The standard InChI is InChI=1S/C17H24O3/c1-3-12-20-15-7-5-4-6-14(15)16(18)17(19)10-8-13(2)9-11-17/h4-7,13,19H,3,8-12H2,1-2H3. The van der Waals surface area contributed by atoms with Gasteiger partial charge >= 0.3 is 0 Å². The maximum atomic E-state index is 12.7. The van der Waals surface area contributed by atoms with Crippen molar-refractivity contribution in [1.82, 2.24) is 0 Å². The van der Waals surface area contributed by atoms with Gasteiger partial charge in [-0.1, -0.05) is 26.0 Å². The number of ketones is 1. The number of benzene rings is 1. The van der Waals surface area contributed by atoms with Crippen molar-refractivity contribution in [3.05, 3.63) is 29.8 Å². The Balaban J connectivity index is 2.20. The van der Waals surface area contributed by atoms with Gasteiger partial charge in [-0.05, 0) is 50.2 Å². The summed E-state index contributed by atoms with van der Waals surface area (Å²) in [5.41, 5.74) is -0.698. The van der Waals surface area contributed by atoms with E-state index in [1.807, 2.05) is 19.1 Å². The Labute approximate surface area is 121 Å². The van der Waals surface area contributed by atoms with Gasteiger partial charge in [0.1, 0.15) is 11.4 Å². The molecule has 0 aliphatic heterocycles. The van der Waals surface area contributed by atoms with E-state index >= 15 is 0 Å². The molecule has 1 N–H and O–H groups in total. The lowest BCUT2D eigenvalue weighted by molar-refractivity contribution is 0.00399. The Hall–Kier alpha value is -1.35. The minimum Gasteiger partial charge on any atom is -0.493 e. The third-order valence-corrected chi connectivity index (χ3v) is 4.12. The van der Waals surface area contributed by atoms with E-state index in [1.165, 1.54) is 0 Å². The summed E-state index contributed by atoms with van der Waals surface area (Å²) >= 11 is 0. The van der Waals surface area contributed by atoms with E-state index in [1.54, 1.807) is 12.1 Å². The zero-order valence-corrected chi connectivity index (χ0v) is 12.4. The molecule has 1 aliphatic carbocycles. The molecule has 1 fully saturated rings. The average Bonchev–Trinajstić information content (AvgIpc) is 2.48. The van der Waals surface area contributed by atoms with Gasteiger partial charge in [-0.25, -0.2) is 0 Å². The molecule has 0 atom stereocenters. The van der Waals surface area contributed by atoms with Crippen molar-refractivity contribution < 1.29 is 14.6 Å². The van der Waals surface area contributed by atoms with Crippen LogP contribution < -0.4 is 4.74 Å². The molecular formula is C17H24O3. The van der Waals surface area contributed by atoms with E-state index in [0.717, 1.165) is 19.3 Å². The lowest BCUT2D eigenvalue weighted by atomic mass is 9.75. The van der Waals surface area contributed by atoms with Gasteiger partial charge in [0.05, 0.1) is 12.2 Å². The summed E-state index contributed by atoms with van der Waals surface area (Å²) in [6.45, 7) is 4.78. The van der Waals surface area contributed by atoms with E-state index in [0.29, 0.717) is 36.7 Å². The van der Waals surface area contributed by atoms with Crippen LogP contribution in [0, 0.1) is 5.92 Å². The van der Waals surface area contributed by atoms with Crippen molar-refractivity contribution in [3.8, 4) is 5.75 Å². The zero-order valence-electron chi connectivity index (χ0n) is 12.4. The fraction of sp³-hybridized carbons (Fsp3) is 0.588. The molecule has 110 valence electrons. The highest BCUT2D eigenvalue weighted by atomic mass is 16.5. The Bertz CT molecular complexity index is 459. The minimum atomic E-state index is -1.21. The van der Waals surface area contributed by atoms with Crippen molar-refractivity contribution in [2.45, 2.75) is 51.6 Å². The van der Waals surface area contributed by atoms with Gasteiger partial charge in [-0.15, -0.1) is 0 Å². The molecule has 0 amide bonds. The molecule has 0 aromatic heterocycles. The predicted octanol–water partition coefficient (Wildman–Crippen LogP) is 3.60. The molecular weight excluding hydrogens is 252 g/mol. The first-order valence-electron chi connectivity index (χ1n) is 7.56. The molecule has 3 nitrogen and oxygen atoms in total. The molecule has 20 heavy (non-hydrogen) atoms. The van der Waals surface area contributed by atoms with E-state index in [9.17, 15) is 9.90 Å². The lowest BCUT2D eigenvalue weighted by Gasteiger charge is -2.33. The fourth-order valence-corrected chi connectivity index (χ4v) is 2.71. The maximum Gasteiger partial charge on any atom is 0.198 e. The second-order valence-corrected chi connectivity index (χ2v) is 5.89. The van der Waals surface area contributed by atoms with Gasteiger partial charge in [-0.3, -0.25) is 4.79 Å². The summed E-state index contributed by atoms with van der Waals surface area (Å²) in [4.78, 5) is 12.7. The molecule has 0 unspecified atom stereocenters. The highest BCUT2D eigenvalue weighted by Crippen LogP contribution is 2.36. The molecule has 0 spiro atoms. The topological polar surface area (TPSA) is 46.5 Å². The lowest BCUT2D eigenvalue weighted by Crippen LogP contribution is -2.42. The first kappa shape index (κ1) is 15.0. The predicted molar refractivity (Wildman–Crippen MR) is 79.1 cm³/mol. The summed E-state index contributed by atoms with van der Waals surface area (Å²) in [7, 11) is 0. The molecule has 1 aromatic rings. The third-order valence-electron chi connectivity index (χ3n) is 4.12. The minimum absolute atomic E-state index is 0.184. The summed E-state index contributed by atoms with van der Waals surface area (Å²) < 4.78 is 5.63. The highest BCUT2D eigenvalue weighted by molar-refractivity contribution is 6.04. The molecule has 0 bridgehead atoms. The van der Waals surface area contributed by atoms with Crippen LogP contribution in [-0.2, 0) is 0 Å². The number of ether oxygens (including phenoxy) is 1. The van der Waals surface area contributed by atoms with Gasteiger partial charge in [-0.2, -0.15) is 0 Å². The van der Waals surface area contributed by atoms with E-state index < -0.39 is 5.60 Å². The van der Waals surface area contributed by atoms with Crippen LogP contribution in [0.4, 0.5) is 0 Å². The monoisotopic (exact) mass is 276 g/mol. The van der Waals surface area contributed by atoms with Gasteiger partial charge in [0.15, 0.2) is 5.78 Å². The Morgan fingerprint density at radius 2 is 2.00 bits per heavy atom. The first-order valence-corrected chi connectivity index (χ1v) is 7.56. The number of aliphatic hydroxyl groups is 1. The molecule has 3 heteroatoms. The van der Waals surface area contributed by atoms with Crippen molar-refractivity contribution in [1.29, 1.82) is 0 Å². The molecule has 2 rings (SSSR count). The van der Waals surface area contributed by atoms with E-state index in [4.69, 9.17) is 4.74 Å². The Morgan fingerprint density at radius 3 is 2.65 bits per heavy atom. The number of hydrogen-bond acceptors (Lipinski definition) is 3. The van der Waals surface area contributed by atoms with Crippen LogP contribution in [0.5, 0.6) is 5.75 Å². The van der Waals surface area contributed by atoms with Crippen molar-refractivity contribution in [2.24, 2.45) is 5.92 Å². The van der Waals surface area contributed by atoms with Crippen LogP contribution >= 0.6 is 0 Å². The summed E-state index contributed by atoms with van der Waals surface area (Å²) in [6, 6.07) is 7.23. The van der Waals surface area contributed by atoms with Crippen LogP contribution in [0.2, 0.25) is 0 Å². The SMILES string of the molecule is CCCOc1ccccc1C(=O)C1(O)CCC(C)CC1. The van der Waals surface area contributed by atoms with Crippen LogP contribution in [0.25, 0.3) is 0 Å². The number of hydrogen-bond donors (Lipinski definition) is 1. The van der Waals surface area contributed by atoms with Crippen molar-refractivity contribution >= 4 is 5.78 Å². The quantitative estimate of drug-likeness (QED) is 0.836. The number of para-hydroxylation sites is 1. The second kappa shape index (κ2) is 6.40. The second-order valence-electron chi connectivity index (χ2n) is 5.89. The normalized spacial score (nSPS) is 26.2. The smallest absolute Gasteiger partial charge is 0.198 e. The average molecular weight is 276 g/mol. The Kier molecular flexibility index (Phi) is 4.81. The molecule has 0 heterocycles. The summed E-state index contributed by atoms with van der Waals surface area (Å²) in [5.74, 6) is 0.997. The van der Waals surface area contributed by atoms with Crippen molar-refractivity contribution in [2.75, 3.05) is 6.61 Å². The van der Waals surface area contributed by atoms with Crippen LogP contribution in [-0.4, -0.2) is 23.1 Å². The first-order chi connectivity index (χ1) is 9.57. The molecule has 0 saturated heterocycles. The molecule has 0 radical (unpaired) electrons. The molecule has 1 saturated carbocycles. The van der Waals surface area contributed by atoms with Crippen LogP contribution in [0.1, 0.15) is 56.3 Å². The number of carbonyl (C=O) groups excluding carboxylic acids is 1. The molecule has 1 aliphatic rings. The zero-order chi connectivity index (χ0) is 14.6. The molecule has 1 aromatic carbocycles. The van der Waals surface area contributed by atoms with Gasteiger partial charge in [0, 0.05) is 0 Å². The highest BCUT2D eigenvalue weighted by Gasteiger charge is 2.40. The van der Waals surface area contributed by atoms with Crippen LogP contribution in [0.15, 0.2) is 24.3 Å². The van der Waals surface area contributed by atoms with Gasteiger partial charge in [0.2, 0.25) is 0 Å². The van der Waals surface area contributed by atoms with E-state index in [2.05, 4.69) is 6.92 Å². The number of carbonyl (C=O) groups is 1. The largest absolute Gasteiger partial charge is 0.493 e. The van der Waals surface area contributed by atoms with Crippen LogP contribution in [0.3, 0.4) is 0 Å². The van der Waals surface area contributed by atoms with E-state index in [-0.39, 0.29) is 5.78 Å². The Morgan fingerprint density at radius 1 is 1.35 bits per heavy atom. The third kappa shape index (κ3) is 3.21. The summed E-state index contributed by atoms with van der Waals surface area (Å²) in [6.07, 6.45) is 3.80. The maximum absolute atomic E-state index is 12.7.